The molecule has 4 rings (SSSR count). The van der Waals surface area contributed by atoms with Crippen LogP contribution in [-0.4, -0.2) is 47.8 Å². The van der Waals surface area contributed by atoms with Crippen molar-refractivity contribution in [3.05, 3.63) is 89.0 Å². The topological polar surface area (TPSA) is 96.3 Å². The Kier molecular flexibility index (Phi) is 6.22. The van der Waals surface area contributed by atoms with Gasteiger partial charge in [-0.05, 0) is 41.8 Å². The number of hydrogen-bond acceptors (Lipinski definition) is 5. The van der Waals surface area contributed by atoms with Gasteiger partial charge in [0.25, 0.3) is 5.91 Å². The van der Waals surface area contributed by atoms with Crippen molar-refractivity contribution in [3.63, 3.8) is 0 Å². The predicted molar refractivity (Wildman–Crippen MR) is 122 cm³/mol. The Labute approximate surface area is 191 Å². The molecule has 7 heteroatoms. The zero-order chi connectivity index (χ0) is 23.5. The Morgan fingerprint density at radius 3 is 2.27 bits per heavy atom. The first-order valence-corrected chi connectivity index (χ1v) is 10.6. The van der Waals surface area contributed by atoms with Crippen molar-refractivity contribution in [3.8, 4) is 17.2 Å². The third-order valence-electron chi connectivity index (χ3n) is 6.05. The number of carboxylic acids is 1. The Bertz CT molecular complexity index is 1190. The highest BCUT2D eigenvalue weighted by atomic mass is 16.5. The van der Waals surface area contributed by atoms with Crippen LogP contribution in [0.5, 0.6) is 17.2 Å². The number of aromatic hydroxyl groups is 1. The van der Waals surface area contributed by atoms with Crippen LogP contribution in [0.3, 0.4) is 0 Å². The van der Waals surface area contributed by atoms with Crippen molar-refractivity contribution in [1.29, 1.82) is 0 Å². The van der Waals surface area contributed by atoms with E-state index in [1.54, 1.807) is 67.7 Å². The molecule has 0 spiro atoms. The number of carboxylic acid groups (broad SMARTS) is 1. The van der Waals surface area contributed by atoms with E-state index in [4.69, 9.17) is 9.47 Å². The molecule has 0 saturated carbocycles. The lowest BCUT2D eigenvalue weighted by molar-refractivity contribution is -0.140. The lowest BCUT2D eigenvalue weighted by Gasteiger charge is -2.41. The van der Waals surface area contributed by atoms with Gasteiger partial charge in [0.15, 0.2) is 11.5 Å². The molecule has 0 saturated heterocycles. The fourth-order valence-electron chi connectivity index (χ4n) is 4.47. The van der Waals surface area contributed by atoms with Gasteiger partial charge in [-0.25, -0.2) is 0 Å². The second kappa shape index (κ2) is 9.24. The van der Waals surface area contributed by atoms with Crippen LogP contribution >= 0.6 is 0 Å². The number of benzene rings is 3. The van der Waals surface area contributed by atoms with E-state index < -0.39 is 17.9 Å². The summed E-state index contributed by atoms with van der Waals surface area (Å²) in [7, 11) is 3.11. The molecule has 170 valence electrons. The van der Waals surface area contributed by atoms with E-state index in [-0.39, 0.29) is 18.2 Å². The lowest BCUT2D eigenvalue weighted by atomic mass is 9.79. The Balaban J connectivity index is 1.76. The largest absolute Gasteiger partial charge is 0.508 e. The second-order valence-corrected chi connectivity index (χ2v) is 7.84. The van der Waals surface area contributed by atoms with Crippen LogP contribution in [0.2, 0.25) is 0 Å². The summed E-state index contributed by atoms with van der Waals surface area (Å²) in [5.41, 5.74) is 2.12. The fraction of sp³-hybridized carbons (Fsp3) is 0.231. The van der Waals surface area contributed by atoms with Gasteiger partial charge in [0, 0.05) is 17.7 Å². The van der Waals surface area contributed by atoms with E-state index in [2.05, 4.69) is 0 Å². The molecule has 3 aromatic rings. The first-order valence-electron chi connectivity index (χ1n) is 10.6. The molecule has 0 fully saturated rings. The van der Waals surface area contributed by atoms with Crippen LogP contribution in [0.15, 0.2) is 66.7 Å². The number of fused-ring (bicyclic) bond motifs is 1. The lowest BCUT2D eigenvalue weighted by Crippen LogP contribution is -2.45. The van der Waals surface area contributed by atoms with Crippen LogP contribution in [0, 0.1) is 0 Å². The standard InChI is InChI=1S/C26H25NO6/c1-32-21-12-11-16(15-22(21)33-2)13-14-27-24(19-9-5-6-10-20(19)28)23(26(30)31)17-7-3-4-8-18(17)25(27)29/h3-12,15,23-24,28H,13-14H2,1-2H3,(H,30,31)/t23-,24+/m0/s1. The molecule has 0 unspecified atom stereocenters. The van der Waals surface area contributed by atoms with E-state index >= 15 is 0 Å². The maximum absolute atomic E-state index is 13.5. The van der Waals surface area contributed by atoms with Gasteiger partial charge in [-0.2, -0.15) is 0 Å². The van der Waals surface area contributed by atoms with Gasteiger partial charge in [0.05, 0.1) is 20.3 Å². The minimum absolute atomic E-state index is 0.0444. The SMILES string of the molecule is COc1ccc(CCN2C(=O)c3ccccc3[C@H](C(=O)O)[C@H]2c2ccccc2O)cc1OC. The molecule has 2 atom stereocenters. The zero-order valence-electron chi connectivity index (χ0n) is 18.4. The smallest absolute Gasteiger partial charge is 0.313 e. The van der Waals surface area contributed by atoms with Crippen molar-refractivity contribution < 1.29 is 29.3 Å². The number of methoxy groups -OCH3 is 2. The molecule has 2 N–H and O–H groups in total. The summed E-state index contributed by atoms with van der Waals surface area (Å²) in [6.07, 6.45) is 0.463. The fourth-order valence-corrected chi connectivity index (χ4v) is 4.47. The summed E-state index contributed by atoms with van der Waals surface area (Å²) >= 11 is 0. The number of aliphatic carboxylic acids is 1. The number of ether oxygens (including phenoxy) is 2. The van der Waals surface area contributed by atoms with Crippen LogP contribution in [-0.2, 0) is 11.2 Å². The molecule has 0 aliphatic carbocycles. The van der Waals surface area contributed by atoms with Crippen LogP contribution in [0.1, 0.15) is 39.0 Å². The minimum atomic E-state index is -1.06. The maximum atomic E-state index is 13.5. The minimum Gasteiger partial charge on any atom is -0.508 e. The van der Waals surface area contributed by atoms with Crippen LogP contribution in [0.25, 0.3) is 0 Å². The van der Waals surface area contributed by atoms with Gasteiger partial charge < -0.3 is 24.6 Å². The van der Waals surface area contributed by atoms with Gasteiger partial charge in [0.1, 0.15) is 11.7 Å². The summed E-state index contributed by atoms with van der Waals surface area (Å²) < 4.78 is 10.7. The highest BCUT2D eigenvalue weighted by Gasteiger charge is 2.44. The highest BCUT2D eigenvalue weighted by molar-refractivity contribution is 6.00. The van der Waals surface area contributed by atoms with Crippen molar-refractivity contribution in [2.24, 2.45) is 0 Å². The average molecular weight is 447 g/mol. The number of carbonyl (C=O) groups is 2. The van der Waals surface area contributed by atoms with Crippen molar-refractivity contribution in [2.45, 2.75) is 18.4 Å². The number of amides is 1. The quantitative estimate of drug-likeness (QED) is 0.568. The number of phenols is 1. The number of nitrogens with zero attached hydrogens (tertiary/aromatic N) is 1. The van der Waals surface area contributed by atoms with Gasteiger partial charge in [-0.1, -0.05) is 42.5 Å². The molecule has 0 radical (unpaired) electrons. The molecular formula is C26H25NO6. The molecule has 33 heavy (non-hydrogen) atoms. The predicted octanol–water partition coefficient (Wildman–Crippen LogP) is 4.02. The van der Waals surface area contributed by atoms with Crippen molar-refractivity contribution in [1.82, 2.24) is 4.90 Å². The summed E-state index contributed by atoms with van der Waals surface area (Å²) in [4.78, 5) is 27.5. The molecule has 0 aromatic heterocycles. The first-order chi connectivity index (χ1) is 16.0. The molecule has 0 bridgehead atoms. The number of rotatable bonds is 7. The Morgan fingerprint density at radius 1 is 0.939 bits per heavy atom. The summed E-state index contributed by atoms with van der Waals surface area (Å²) in [5.74, 6) is -1.21. The van der Waals surface area contributed by atoms with Gasteiger partial charge in [-0.3, -0.25) is 9.59 Å². The van der Waals surface area contributed by atoms with Gasteiger partial charge in [0.2, 0.25) is 0 Å². The molecule has 1 amide bonds. The molecule has 7 nitrogen and oxygen atoms in total. The highest BCUT2D eigenvalue weighted by Crippen LogP contribution is 2.45. The third-order valence-corrected chi connectivity index (χ3v) is 6.05. The monoisotopic (exact) mass is 447 g/mol. The van der Waals surface area contributed by atoms with Gasteiger partial charge in [-0.15, -0.1) is 0 Å². The summed E-state index contributed by atoms with van der Waals surface area (Å²) in [6, 6.07) is 18.0. The zero-order valence-corrected chi connectivity index (χ0v) is 18.4. The number of carbonyl (C=O) groups excluding carboxylic acids is 1. The van der Waals surface area contributed by atoms with Crippen molar-refractivity contribution >= 4 is 11.9 Å². The number of para-hydroxylation sites is 1. The van der Waals surface area contributed by atoms with Crippen molar-refractivity contribution in [2.75, 3.05) is 20.8 Å². The van der Waals surface area contributed by atoms with E-state index in [1.165, 1.54) is 6.07 Å². The average Bonchev–Trinajstić information content (AvgIpc) is 2.83. The number of phenolic OH excluding ortho intramolecular Hbond substituents is 1. The van der Waals surface area contributed by atoms with E-state index in [1.807, 2.05) is 12.1 Å². The summed E-state index contributed by atoms with van der Waals surface area (Å²) in [5, 5.41) is 20.7. The summed E-state index contributed by atoms with van der Waals surface area (Å²) in [6.45, 7) is 0.255. The van der Waals surface area contributed by atoms with Gasteiger partial charge >= 0.3 is 5.97 Å². The third kappa shape index (κ3) is 4.09. The Hall–Kier alpha value is -4.00. The van der Waals surface area contributed by atoms with Crippen LogP contribution < -0.4 is 9.47 Å². The number of hydrogen-bond donors (Lipinski definition) is 2. The second-order valence-electron chi connectivity index (χ2n) is 7.84. The molecule has 1 aliphatic heterocycles. The molecular weight excluding hydrogens is 422 g/mol. The van der Waals surface area contributed by atoms with E-state index in [0.717, 1.165) is 5.56 Å². The van der Waals surface area contributed by atoms with E-state index in [9.17, 15) is 19.8 Å². The molecule has 3 aromatic carbocycles. The molecule has 1 aliphatic rings. The Morgan fingerprint density at radius 2 is 1.61 bits per heavy atom. The van der Waals surface area contributed by atoms with E-state index in [0.29, 0.717) is 34.6 Å². The normalized spacial score (nSPS) is 17.4. The first kappa shape index (κ1) is 22.2. The van der Waals surface area contributed by atoms with Crippen LogP contribution in [0.4, 0.5) is 0 Å². The molecule has 1 heterocycles. The maximum Gasteiger partial charge on any atom is 0.313 e.